The first-order valence-electron chi connectivity index (χ1n) is 11.7. The Morgan fingerprint density at radius 3 is 2.67 bits per heavy atom. The van der Waals surface area contributed by atoms with Crippen LogP contribution in [-0.4, -0.2) is 55.2 Å². The van der Waals surface area contributed by atoms with Gasteiger partial charge in [-0.1, -0.05) is 19.8 Å². The van der Waals surface area contributed by atoms with Gasteiger partial charge in [0, 0.05) is 31.2 Å². The molecule has 1 N–H and O–H groups in total. The van der Waals surface area contributed by atoms with Crippen LogP contribution in [0.4, 0.5) is 5.69 Å². The number of carbonyl (C=O) groups is 1. The molecule has 2 bridgehead atoms. The van der Waals surface area contributed by atoms with E-state index in [-0.39, 0.29) is 22.0 Å². The van der Waals surface area contributed by atoms with E-state index >= 15 is 0 Å². The highest BCUT2D eigenvalue weighted by Crippen LogP contribution is 2.58. The van der Waals surface area contributed by atoms with Crippen molar-refractivity contribution in [3.8, 4) is 5.75 Å². The molecule has 1 atom stereocenters. The van der Waals surface area contributed by atoms with Crippen LogP contribution in [0.3, 0.4) is 0 Å². The molecule has 1 aromatic carbocycles. The van der Waals surface area contributed by atoms with Crippen LogP contribution in [0.5, 0.6) is 5.75 Å². The second-order valence-electron chi connectivity index (χ2n) is 9.66. The minimum absolute atomic E-state index is 0.0441. The number of hydrogen-bond acceptors (Lipinski definition) is 6. The number of unbranched alkanes of at least 4 members (excludes halogenated alkanes) is 1. The molecular weight excluding hydrogens is 460 g/mol. The molecule has 33 heavy (non-hydrogen) atoms. The van der Waals surface area contributed by atoms with Gasteiger partial charge in [-0.2, -0.15) is 4.31 Å². The number of ether oxygens (including phenoxy) is 1. The summed E-state index contributed by atoms with van der Waals surface area (Å²) < 4.78 is 34.9. The van der Waals surface area contributed by atoms with Crippen LogP contribution in [-0.2, 0) is 14.8 Å². The van der Waals surface area contributed by atoms with Crippen LogP contribution in [0.1, 0.15) is 58.8 Å². The molecule has 1 aliphatic heterocycles. The molecule has 0 amide bonds. The van der Waals surface area contributed by atoms with Gasteiger partial charge < -0.3 is 14.7 Å². The average molecular weight is 495 g/mol. The van der Waals surface area contributed by atoms with E-state index in [2.05, 4.69) is 11.8 Å². The minimum Gasteiger partial charge on any atom is -0.478 e. The smallest absolute Gasteiger partial charge is 0.334 e. The number of thioether (sulfide) groups is 1. The van der Waals surface area contributed by atoms with Crippen molar-refractivity contribution >= 4 is 33.4 Å². The van der Waals surface area contributed by atoms with E-state index in [1.54, 1.807) is 17.4 Å². The Kier molecular flexibility index (Phi) is 6.77. The summed E-state index contributed by atoms with van der Waals surface area (Å²) >= 11 is 1.47. The van der Waals surface area contributed by atoms with Crippen molar-refractivity contribution in [1.82, 2.24) is 4.31 Å². The molecule has 0 radical (unpaired) electrons. The molecule has 1 heterocycles. The Balaban J connectivity index is 1.84. The third-order valence-electron chi connectivity index (χ3n) is 7.62. The number of carboxylic acids is 1. The van der Waals surface area contributed by atoms with Crippen LogP contribution in [0.25, 0.3) is 0 Å². The predicted molar refractivity (Wildman–Crippen MR) is 131 cm³/mol. The van der Waals surface area contributed by atoms with Gasteiger partial charge in [0.2, 0.25) is 10.0 Å². The van der Waals surface area contributed by atoms with E-state index in [9.17, 15) is 13.2 Å². The maximum atomic E-state index is 13.8. The lowest BCUT2D eigenvalue weighted by molar-refractivity contribution is -0.132. The summed E-state index contributed by atoms with van der Waals surface area (Å²) in [6, 6.07) is 3.44. The summed E-state index contributed by atoms with van der Waals surface area (Å²) in [4.78, 5) is 14.6. The van der Waals surface area contributed by atoms with Crippen molar-refractivity contribution in [2.75, 3.05) is 24.7 Å². The standard InChI is InChI=1S/C24H34N2O5S2/c1-5-6-7-18-14-26(24-9-8-17(12-24)13-24)19-10-21(32-4)20(31-15-16(2)23(27)28)11-22(19)33(29,30)25(18)3/h10-11,15,17-18H,5-9,12-14H2,1-4H3,(H,27,28)/b16-15+/t17?,18-,24?/m1/s1. The van der Waals surface area contributed by atoms with Crippen molar-refractivity contribution in [2.45, 2.75) is 80.2 Å². The molecule has 1 aromatic rings. The average Bonchev–Trinajstić information content (AvgIpc) is 3.36. The normalized spacial score (nSPS) is 28.7. The van der Waals surface area contributed by atoms with Crippen LogP contribution < -0.4 is 9.64 Å². The highest BCUT2D eigenvalue weighted by Gasteiger charge is 2.56. The molecule has 0 spiro atoms. The van der Waals surface area contributed by atoms with Crippen LogP contribution in [0.15, 0.2) is 33.8 Å². The van der Waals surface area contributed by atoms with E-state index in [4.69, 9.17) is 9.84 Å². The molecular formula is C24H34N2O5S2. The van der Waals surface area contributed by atoms with Gasteiger partial charge in [-0.05, 0) is 57.3 Å². The number of rotatable bonds is 8. The quantitative estimate of drug-likeness (QED) is 0.318. The molecule has 3 fully saturated rings. The molecule has 9 heteroatoms. The van der Waals surface area contributed by atoms with E-state index in [1.165, 1.54) is 31.4 Å². The lowest BCUT2D eigenvalue weighted by Crippen LogP contribution is -2.55. The van der Waals surface area contributed by atoms with E-state index in [0.717, 1.165) is 55.0 Å². The van der Waals surface area contributed by atoms with Gasteiger partial charge in [0.25, 0.3) is 0 Å². The number of carboxylic acid groups (broad SMARTS) is 1. The summed E-state index contributed by atoms with van der Waals surface area (Å²) in [6.07, 6.45) is 10.5. The Hall–Kier alpha value is -1.71. The Labute approximate surface area is 201 Å². The largest absolute Gasteiger partial charge is 0.478 e. The predicted octanol–water partition coefficient (Wildman–Crippen LogP) is 4.72. The van der Waals surface area contributed by atoms with Crippen molar-refractivity contribution in [2.24, 2.45) is 5.92 Å². The first-order chi connectivity index (χ1) is 15.6. The van der Waals surface area contributed by atoms with Gasteiger partial charge in [-0.15, -0.1) is 11.8 Å². The van der Waals surface area contributed by atoms with Gasteiger partial charge in [0.1, 0.15) is 16.9 Å². The SMILES string of the molecule is CCCC[C@@H]1CN(C23CCC(C2)C3)c2cc(SC)c(O/C=C(\C)C(=O)O)cc2S(=O)(=O)N1C. The third kappa shape index (κ3) is 4.28. The summed E-state index contributed by atoms with van der Waals surface area (Å²) in [5.74, 6) is 0.0423. The Morgan fingerprint density at radius 2 is 2.09 bits per heavy atom. The molecule has 0 aromatic heterocycles. The molecule has 5 rings (SSSR count). The summed E-state index contributed by atoms with van der Waals surface area (Å²) in [6.45, 7) is 4.27. The minimum atomic E-state index is -3.75. The molecule has 3 aliphatic carbocycles. The number of benzene rings is 1. The highest BCUT2D eigenvalue weighted by atomic mass is 32.2. The monoisotopic (exact) mass is 494 g/mol. The molecule has 7 nitrogen and oxygen atoms in total. The topological polar surface area (TPSA) is 87.1 Å². The van der Waals surface area contributed by atoms with Gasteiger partial charge in [0.15, 0.2) is 0 Å². The summed E-state index contributed by atoms with van der Waals surface area (Å²) in [5.41, 5.74) is 0.850. The second-order valence-corrected chi connectivity index (χ2v) is 12.5. The number of hydrogen-bond donors (Lipinski definition) is 1. The van der Waals surface area contributed by atoms with Crippen molar-refractivity contribution in [1.29, 1.82) is 0 Å². The summed E-state index contributed by atoms with van der Waals surface area (Å²) in [7, 11) is -2.05. The van der Waals surface area contributed by atoms with Crippen LogP contribution in [0.2, 0.25) is 0 Å². The fraction of sp³-hybridized carbons (Fsp3) is 0.625. The number of fused-ring (bicyclic) bond motifs is 2. The number of anilines is 1. The zero-order valence-electron chi connectivity index (χ0n) is 19.8. The third-order valence-corrected chi connectivity index (χ3v) is 10.3. The van der Waals surface area contributed by atoms with Gasteiger partial charge >= 0.3 is 5.97 Å². The van der Waals surface area contributed by atoms with E-state index in [1.807, 2.05) is 12.3 Å². The molecule has 0 unspecified atom stereocenters. The van der Waals surface area contributed by atoms with Crippen molar-refractivity contribution in [3.63, 3.8) is 0 Å². The van der Waals surface area contributed by atoms with E-state index < -0.39 is 16.0 Å². The zero-order valence-corrected chi connectivity index (χ0v) is 21.5. The molecule has 3 saturated carbocycles. The highest BCUT2D eigenvalue weighted by molar-refractivity contribution is 7.98. The molecule has 4 aliphatic rings. The number of aliphatic carboxylic acids is 1. The van der Waals surface area contributed by atoms with Crippen LogP contribution >= 0.6 is 11.8 Å². The Morgan fingerprint density at radius 1 is 1.36 bits per heavy atom. The lowest BCUT2D eigenvalue weighted by Gasteiger charge is -2.50. The van der Waals surface area contributed by atoms with E-state index in [0.29, 0.717) is 12.3 Å². The number of likely N-dealkylation sites (N-methyl/N-ethyl adjacent to an activating group) is 1. The maximum Gasteiger partial charge on any atom is 0.334 e. The van der Waals surface area contributed by atoms with Crippen molar-refractivity contribution < 1.29 is 23.1 Å². The fourth-order valence-electron chi connectivity index (χ4n) is 5.59. The first-order valence-corrected chi connectivity index (χ1v) is 14.3. The number of sulfonamides is 1. The number of nitrogens with zero attached hydrogens (tertiary/aromatic N) is 2. The maximum absolute atomic E-state index is 13.8. The van der Waals surface area contributed by atoms with Crippen LogP contribution in [0, 0.1) is 5.92 Å². The van der Waals surface area contributed by atoms with Gasteiger partial charge in [-0.25, -0.2) is 13.2 Å². The second kappa shape index (κ2) is 9.15. The first kappa shape index (κ1) is 24.4. The summed E-state index contributed by atoms with van der Waals surface area (Å²) in [5, 5.41) is 9.16. The van der Waals surface area contributed by atoms with Crippen molar-refractivity contribution in [3.05, 3.63) is 24.0 Å². The van der Waals surface area contributed by atoms with Gasteiger partial charge in [0.05, 0.1) is 16.2 Å². The molecule has 182 valence electrons. The fourth-order valence-corrected chi connectivity index (χ4v) is 7.69. The Bertz CT molecular complexity index is 1060. The lowest BCUT2D eigenvalue weighted by atomic mass is 9.75. The zero-order chi connectivity index (χ0) is 24.0. The van der Waals surface area contributed by atoms with Gasteiger partial charge in [-0.3, -0.25) is 0 Å². The molecule has 0 saturated heterocycles.